The first-order valence-corrected chi connectivity index (χ1v) is 3.44. The molecule has 0 radical (unpaired) electrons. The molecule has 1 fully saturated rings. The topological polar surface area (TPSA) is 63.3 Å². The predicted octanol–water partition coefficient (Wildman–Crippen LogP) is 0.662. The van der Waals surface area contributed by atoms with Crippen molar-refractivity contribution in [2.75, 3.05) is 0 Å². The Morgan fingerprint density at radius 2 is 2.45 bits per heavy atom. The van der Waals surface area contributed by atoms with Gasteiger partial charge in [-0.2, -0.15) is 0 Å². The van der Waals surface area contributed by atoms with E-state index in [1.807, 2.05) is 0 Å². The smallest absolute Gasteiger partial charge is 0.308 e. The summed E-state index contributed by atoms with van der Waals surface area (Å²) in [7, 11) is 0. The Hall–Kier alpha value is -0.900. The van der Waals surface area contributed by atoms with Gasteiger partial charge in [-0.05, 0) is 18.4 Å². The number of carbonyl (C=O) groups is 1. The van der Waals surface area contributed by atoms with Gasteiger partial charge in [0.15, 0.2) is 0 Å². The zero-order chi connectivity index (χ0) is 8.43. The Bertz CT molecular complexity index is 203. The first-order chi connectivity index (χ1) is 5.16. The Labute approximate surface area is 63.7 Å². The fourth-order valence-corrected chi connectivity index (χ4v) is 1.33. The summed E-state index contributed by atoms with van der Waals surface area (Å²) < 4.78 is 12.0. The van der Waals surface area contributed by atoms with Crippen molar-refractivity contribution >= 4 is 5.97 Å². The Morgan fingerprint density at radius 1 is 1.82 bits per heavy atom. The lowest BCUT2D eigenvalue weighted by atomic mass is 10.0. The van der Waals surface area contributed by atoms with E-state index in [1.54, 1.807) is 0 Å². The van der Waals surface area contributed by atoms with Gasteiger partial charge < -0.3 is 10.8 Å². The van der Waals surface area contributed by atoms with Crippen molar-refractivity contribution in [1.29, 1.82) is 0 Å². The molecule has 0 spiro atoms. The number of halogens is 1. The van der Waals surface area contributed by atoms with Crippen LogP contribution < -0.4 is 5.73 Å². The second-order valence-electron chi connectivity index (χ2n) is 2.69. The molecule has 0 aromatic carbocycles. The van der Waals surface area contributed by atoms with Crippen LogP contribution in [0.4, 0.5) is 4.39 Å². The molecule has 3 N–H and O–H groups in total. The molecule has 0 heterocycles. The molecule has 0 aromatic rings. The Balaban J connectivity index is 2.70. The average Bonchev–Trinajstić information content (AvgIpc) is 2.30. The molecule has 3 nitrogen and oxygen atoms in total. The molecular formula is C7H10FNO2. The van der Waals surface area contributed by atoms with Gasteiger partial charge in [-0.25, -0.2) is 4.39 Å². The van der Waals surface area contributed by atoms with E-state index in [1.165, 1.54) is 0 Å². The molecule has 1 aliphatic carbocycles. The van der Waals surface area contributed by atoms with Crippen LogP contribution in [0.1, 0.15) is 12.8 Å². The van der Waals surface area contributed by atoms with Gasteiger partial charge in [0.05, 0.1) is 12.2 Å². The minimum absolute atomic E-state index is 0.414. The molecule has 11 heavy (non-hydrogen) atoms. The van der Waals surface area contributed by atoms with Gasteiger partial charge in [-0.1, -0.05) is 0 Å². The summed E-state index contributed by atoms with van der Waals surface area (Å²) in [5.74, 6) is -1.54. The highest BCUT2D eigenvalue weighted by Gasteiger charge is 2.33. The second-order valence-corrected chi connectivity index (χ2v) is 2.69. The Kier molecular flexibility index (Phi) is 2.24. The van der Waals surface area contributed by atoms with Crippen molar-refractivity contribution in [2.45, 2.75) is 18.9 Å². The second kappa shape index (κ2) is 3.00. The maximum Gasteiger partial charge on any atom is 0.308 e. The van der Waals surface area contributed by atoms with Crippen LogP contribution in [0.25, 0.3) is 0 Å². The number of aliphatic carboxylic acids is 1. The van der Waals surface area contributed by atoms with Crippen molar-refractivity contribution < 1.29 is 14.3 Å². The average molecular weight is 159 g/mol. The minimum Gasteiger partial charge on any atom is -0.481 e. The van der Waals surface area contributed by atoms with E-state index in [0.29, 0.717) is 24.7 Å². The third-order valence-electron chi connectivity index (χ3n) is 2.06. The number of rotatable bonds is 1. The highest BCUT2D eigenvalue weighted by molar-refractivity contribution is 5.72. The number of hydrogen-bond donors (Lipinski definition) is 2. The lowest BCUT2D eigenvalue weighted by Gasteiger charge is -2.09. The summed E-state index contributed by atoms with van der Waals surface area (Å²) in [5.41, 5.74) is 5.86. The van der Waals surface area contributed by atoms with E-state index >= 15 is 0 Å². The number of carboxylic acid groups (broad SMARTS) is 1. The van der Waals surface area contributed by atoms with Crippen LogP contribution in [-0.4, -0.2) is 17.1 Å². The summed E-state index contributed by atoms with van der Waals surface area (Å²) in [4.78, 5) is 10.4. The van der Waals surface area contributed by atoms with Crippen molar-refractivity contribution in [2.24, 2.45) is 11.7 Å². The standard InChI is InChI=1S/C7H10FNO2/c8-3-4-1-2-5(6(4)9)7(10)11/h3,5-6H,1-2,9H2,(H,10,11)/b4-3+/t5-,6+/m0/s1. The van der Waals surface area contributed by atoms with Gasteiger partial charge >= 0.3 is 5.97 Å². The molecular weight excluding hydrogens is 149 g/mol. The number of carboxylic acids is 1. The summed E-state index contributed by atoms with van der Waals surface area (Å²) in [5, 5.41) is 8.57. The molecule has 62 valence electrons. The SMILES string of the molecule is N[C@@H]1/C(=C/F)CC[C@@H]1C(=O)O. The van der Waals surface area contributed by atoms with Crippen LogP contribution in [0.5, 0.6) is 0 Å². The molecule has 0 aliphatic heterocycles. The Morgan fingerprint density at radius 3 is 2.73 bits per heavy atom. The summed E-state index contributed by atoms with van der Waals surface area (Å²) in [6.45, 7) is 0. The van der Waals surface area contributed by atoms with E-state index in [2.05, 4.69) is 0 Å². The fourth-order valence-electron chi connectivity index (χ4n) is 1.33. The lowest BCUT2D eigenvalue weighted by molar-refractivity contribution is -0.141. The van der Waals surface area contributed by atoms with E-state index in [-0.39, 0.29) is 0 Å². The lowest BCUT2D eigenvalue weighted by Crippen LogP contribution is -2.31. The molecule has 0 saturated heterocycles. The molecule has 1 aliphatic rings. The van der Waals surface area contributed by atoms with Crippen LogP contribution in [-0.2, 0) is 4.79 Å². The van der Waals surface area contributed by atoms with Crippen molar-refractivity contribution in [3.8, 4) is 0 Å². The van der Waals surface area contributed by atoms with Gasteiger partial charge in [0.2, 0.25) is 0 Å². The molecule has 2 atom stereocenters. The summed E-state index contributed by atoms with van der Waals surface area (Å²) >= 11 is 0. The van der Waals surface area contributed by atoms with Crippen molar-refractivity contribution in [3.63, 3.8) is 0 Å². The molecule has 1 saturated carbocycles. The summed E-state index contributed by atoms with van der Waals surface area (Å²) in [6.07, 6.45) is 1.34. The van der Waals surface area contributed by atoms with Gasteiger partial charge in [0, 0.05) is 6.04 Å². The monoisotopic (exact) mass is 159 g/mol. The molecule has 0 bridgehead atoms. The van der Waals surface area contributed by atoms with E-state index in [0.717, 1.165) is 0 Å². The highest BCUT2D eigenvalue weighted by Crippen LogP contribution is 2.29. The first kappa shape index (κ1) is 8.20. The third-order valence-corrected chi connectivity index (χ3v) is 2.06. The summed E-state index contributed by atoms with van der Waals surface area (Å²) in [6, 6.07) is -0.627. The number of nitrogens with two attached hydrogens (primary N) is 1. The van der Waals surface area contributed by atoms with Crippen LogP contribution in [0.2, 0.25) is 0 Å². The normalized spacial score (nSPS) is 34.5. The fraction of sp³-hybridized carbons (Fsp3) is 0.571. The zero-order valence-corrected chi connectivity index (χ0v) is 5.96. The van der Waals surface area contributed by atoms with Crippen LogP contribution in [0.15, 0.2) is 11.9 Å². The molecule has 0 aromatic heterocycles. The molecule has 0 unspecified atom stereocenters. The van der Waals surface area contributed by atoms with Crippen LogP contribution >= 0.6 is 0 Å². The van der Waals surface area contributed by atoms with E-state index in [9.17, 15) is 9.18 Å². The largest absolute Gasteiger partial charge is 0.481 e. The van der Waals surface area contributed by atoms with Crippen molar-refractivity contribution in [1.82, 2.24) is 0 Å². The maximum absolute atomic E-state index is 12.0. The number of hydrogen-bond acceptors (Lipinski definition) is 2. The van der Waals surface area contributed by atoms with Crippen LogP contribution in [0.3, 0.4) is 0 Å². The predicted molar refractivity (Wildman–Crippen MR) is 37.5 cm³/mol. The zero-order valence-electron chi connectivity index (χ0n) is 5.96. The molecule has 4 heteroatoms. The maximum atomic E-state index is 12.0. The molecule has 1 rings (SSSR count). The van der Waals surface area contributed by atoms with E-state index < -0.39 is 17.9 Å². The molecule has 0 amide bonds. The van der Waals surface area contributed by atoms with Gasteiger partial charge in [0.25, 0.3) is 0 Å². The van der Waals surface area contributed by atoms with Gasteiger partial charge in [-0.15, -0.1) is 0 Å². The van der Waals surface area contributed by atoms with Gasteiger partial charge in [-0.3, -0.25) is 4.79 Å². The highest BCUT2D eigenvalue weighted by atomic mass is 19.1. The third kappa shape index (κ3) is 1.40. The van der Waals surface area contributed by atoms with Crippen LogP contribution in [0, 0.1) is 5.92 Å². The quantitative estimate of drug-likeness (QED) is 0.590. The van der Waals surface area contributed by atoms with Crippen molar-refractivity contribution in [3.05, 3.63) is 11.9 Å². The minimum atomic E-state index is -0.936. The van der Waals surface area contributed by atoms with E-state index in [4.69, 9.17) is 10.8 Å². The van der Waals surface area contributed by atoms with Gasteiger partial charge in [0.1, 0.15) is 0 Å². The first-order valence-electron chi connectivity index (χ1n) is 3.44.